The number of hydrogen-bond acceptors (Lipinski definition) is 0. The molecule has 4 nitrogen and oxygen atoms in total. The molecule has 7 heteroatoms. The first kappa shape index (κ1) is 11.0. The molecule has 0 unspecified atom stereocenters. The summed E-state index contributed by atoms with van der Waals surface area (Å²) in [4.78, 5) is 0. The van der Waals surface area contributed by atoms with E-state index >= 15 is 0 Å². The van der Waals surface area contributed by atoms with Crippen molar-refractivity contribution in [2.45, 2.75) is 0 Å². The molecular weight excluding hydrogens is 321 g/mol. The summed E-state index contributed by atoms with van der Waals surface area (Å²) < 4.78 is 10.2. The van der Waals surface area contributed by atoms with E-state index in [1.165, 1.54) is 0 Å². The number of imidazole rings is 2. The number of aryl methyl sites for hydroxylation is 2. The Morgan fingerprint density at radius 2 is 1.27 bits per heavy atom. The Morgan fingerprint density at radius 1 is 0.867 bits per heavy atom. The van der Waals surface area contributed by atoms with Crippen molar-refractivity contribution in [2.24, 2.45) is 14.1 Å². The van der Waals surface area contributed by atoms with Gasteiger partial charge in [0.05, 0.1) is 0 Å². The molecule has 2 aromatic rings. The van der Waals surface area contributed by atoms with E-state index < -0.39 is 0 Å². The summed E-state index contributed by atoms with van der Waals surface area (Å²) in [6, 6.07) is 0. The third-order valence-electron chi connectivity index (χ3n) is 2.20. The molecule has 2 rings (SSSR count). The second-order valence-corrected chi connectivity index (χ2v) is 4.85. The zero-order chi connectivity index (χ0) is 11.0. The second-order valence-electron chi connectivity index (χ2n) is 3.31. The van der Waals surface area contributed by atoms with Crippen LogP contribution in [-0.2, 0) is 14.1 Å². The van der Waals surface area contributed by atoms with E-state index in [0.717, 1.165) is 8.65 Å². The molecule has 77 valence electrons. The van der Waals surface area contributed by atoms with Crippen molar-refractivity contribution in [3.8, 4) is 0 Å². The maximum absolute atomic E-state index is 3.03. The van der Waals surface area contributed by atoms with Gasteiger partial charge in [-0.25, -0.2) is 0 Å². The van der Waals surface area contributed by atoms with Crippen molar-refractivity contribution in [3.05, 3.63) is 33.4 Å². The Kier molecular flexibility index (Phi) is 3.07. The van der Waals surface area contributed by atoms with Crippen molar-refractivity contribution < 1.29 is 0 Å². The number of rotatable bonds is 2. The van der Waals surface area contributed by atoms with E-state index in [1.54, 1.807) is 0 Å². The molecule has 2 aromatic heterocycles. The van der Waals surface area contributed by atoms with Crippen LogP contribution in [0.25, 0.3) is 0 Å². The van der Waals surface area contributed by atoms with E-state index in [4.69, 9.17) is 0 Å². The zero-order valence-corrected chi connectivity index (χ0v) is 11.9. The molecule has 0 aliphatic carbocycles. The molecule has 0 aliphatic heterocycles. The standard InChI is InChI=1S/C8H10BN4Se2/c1-10-3-5-12(7(10)14)9-13-6-4-11(2)8(13)15/h3-6H,1-2H3. The quantitative estimate of drug-likeness (QED) is 0.649. The van der Waals surface area contributed by atoms with Crippen LogP contribution in [0.3, 0.4) is 0 Å². The van der Waals surface area contributed by atoms with Gasteiger partial charge >= 0.3 is 104 Å². The Labute approximate surface area is 104 Å². The van der Waals surface area contributed by atoms with Gasteiger partial charge in [-0.1, -0.05) is 0 Å². The Balaban J connectivity index is 2.38. The monoisotopic (exact) mass is 333 g/mol. The summed E-state index contributed by atoms with van der Waals surface area (Å²) in [5.41, 5.74) is 0. The zero-order valence-electron chi connectivity index (χ0n) is 8.49. The Bertz CT molecular complexity index is 536. The molecule has 0 aromatic carbocycles. The molecule has 15 heavy (non-hydrogen) atoms. The van der Waals surface area contributed by atoms with Gasteiger partial charge in [-0.05, 0) is 0 Å². The fourth-order valence-corrected chi connectivity index (χ4v) is 1.98. The topological polar surface area (TPSA) is 19.7 Å². The van der Waals surface area contributed by atoms with Crippen LogP contribution < -0.4 is 0 Å². The van der Waals surface area contributed by atoms with Crippen molar-refractivity contribution >= 4 is 38.7 Å². The first-order valence-electron chi connectivity index (χ1n) is 4.41. The molecule has 0 saturated heterocycles. The van der Waals surface area contributed by atoms with Gasteiger partial charge in [-0.15, -0.1) is 0 Å². The first-order valence-corrected chi connectivity index (χ1v) is 6.13. The van der Waals surface area contributed by atoms with Crippen molar-refractivity contribution in [2.75, 3.05) is 0 Å². The summed E-state index contributed by atoms with van der Waals surface area (Å²) in [5, 5.41) is 0. The fraction of sp³-hybridized carbons (Fsp3) is 0.250. The van der Waals surface area contributed by atoms with Crippen LogP contribution in [0.4, 0.5) is 0 Å². The van der Waals surface area contributed by atoms with Crippen LogP contribution in [-0.4, -0.2) is 56.8 Å². The van der Waals surface area contributed by atoms with Crippen LogP contribution in [0.1, 0.15) is 0 Å². The average molecular weight is 331 g/mol. The minimum absolute atomic E-state index is 1.06. The molecule has 0 N–H and O–H groups in total. The van der Waals surface area contributed by atoms with Gasteiger partial charge in [0.15, 0.2) is 0 Å². The van der Waals surface area contributed by atoms with Gasteiger partial charge in [0.2, 0.25) is 0 Å². The molecule has 0 fully saturated rings. The first-order chi connectivity index (χ1) is 7.09. The summed E-state index contributed by atoms with van der Waals surface area (Å²) >= 11 is 6.06. The summed E-state index contributed by atoms with van der Waals surface area (Å²) in [6.45, 7) is 0. The van der Waals surface area contributed by atoms with Gasteiger partial charge in [0.1, 0.15) is 0 Å². The van der Waals surface area contributed by atoms with Crippen LogP contribution >= 0.6 is 0 Å². The third kappa shape index (κ3) is 2.06. The Morgan fingerprint density at radius 3 is 1.53 bits per heavy atom. The van der Waals surface area contributed by atoms with Crippen LogP contribution in [0, 0.1) is 8.65 Å². The van der Waals surface area contributed by atoms with E-state index in [1.807, 2.05) is 64.5 Å². The molecule has 0 spiro atoms. The normalized spacial score (nSPS) is 10.5. The van der Waals surface area contributed by atoms with E-state index in [2.05, 4.69) is 31.2 Å². The van der Waals surface area contributed by atoms with Gasteiger partial charge in [0, 0.05) is 0 Å². The Hall–Kier alpha value is -0.476. The average Bonchev–Trinajstić information content (AvgIpc) is 2.68. The summed E-state index contributed by atoms with van der Waals surface area (Å²) in [7, 11) is 6.02. The molecular formula is C8H10BN4Se2. The summed E-state index contributed by atoms with van der Waals surface area (Å²) in [6.07, 6.45) is 8.02. The van der Waals surface area contributed by atoms with Gasteiger partial charge in [-0.2, -0.15) is 0 Å². The SMILES string of the molecule is Cn1ccn([B]n2ccn(C)c2=[Se])c1=[Se]. The van der Waals surface area contributed by atoms with E-state index in [-0.39, 0.29) is 0 Å². The molecule has 2 heterocycles. The maximum atomic E-state index is 3.03. The third-order valence-corrected chi connectivity index (χ3v) is 4.29. The molecule has 0 bridgehead atoms. The van der Waals surface area contributed by atoms with Crippen LogP contribution in [0.15, 0.2) is 24.8 Å². The van der Waals surface area contributed by atoms with Gasteiger partial charge in [-0.3, -0.25) is 0 Å². The predicted octanol–water partition coefficient (Wildman–Crippen LogP) is -0.702. The van der Waals surface area contributed by atoms with Crippen molar-refractivity contribution in [1.82, 2.24) is 18.1 Å². The molecule has 0 saturated carbocycles. The van der Waals surface area contributed by atoms with Gasteiger partial charge < -0.3 is 0 Å². The summed E-state index contributed by atoms with van der Waals surface area (Å²) in [5.74, 6) is 0. The van der Waals surface area contributed by atoms with Crippen LogP contribution in [0.5, 0.6) is 0 Å². The predicted molar refractivity (Wildman–Crippen MR) is 61.4 cm³/mol. The van der Waals surface area contributed by atoms with E-state index in [0.29, 0.717) is 0 Å². The number of aromatic nitrogens is 4. The second kappa shape index (κ2) is 4.18. The molecule has 0 atom stereocenters. The minimum atomic E-state index is 1.06. The van der Waals surface area contributed by atoms with Gasteiger partial charge in [0.25, 0.3) is 0 Å². The number of nitrogens with zero attached hydrogens (tertiary/aromatic N) is 4. The molecule has 0 amide bonds. The molecule has 1 radical (unpaired) electrons. The number of hydrogen-bond donors (Lipinski definition) is 0. The molecule has 0 aliphatic rings. The van der Waals surface area contributed by atoms with Crippen molar-refractivity contribution in [3.63, 3.8) is 0 Å². The van der Waals surface area contributed by atoms with Crippen LogP contribution in [0.2, 0.25) is 0 Å². The van der Waals surface area contributed by atoms with Crippen molar-refractivity contribution in [1.29, 1.82) is 0 Å². The fourth-order valence-electron chi connectivity index (χ4n) is 1.27. The van der Waals surface area contributed by atoms with E-state index in [9.17, 15) is 0 Å².